The van der Waals surface area contributed by atoms with Gasteiger partial charge in [-0.1, -0.05) is 23.7 Å². The van der Waals surface area contributed by atoms with Crippen LogP contribution in [0.25, 0.3) is 0 Å². The van der Waals surface area contributed by atoms with Gasteiger partial charge in [-0.05, 0) is 25.0 Å². The van der Waals surface area contributed by atoms with Gasteiger partial charge in [-0.25, -0.2) is 0 Å². The number of ketones is 1. The molecular weight excluding hydrogens is 330 g/mol. The summed E-state index contributed by atoms with van der Waals surface area (Å²) in [5.74, 6) is -1.32. The molecule has 1 heterocycles. The number of hydrogen-bond acceptors (Lipinski definition) is 4. The summed E-state index contributed by atoms with van der Waals surface area (Å²) in [7, 11) is 0. The monoisotopic (exact) mass is 349 g/mol. The highest BCUT2D eigenvalue weighted by atomic mass is 35.5. The fraction of sp³-hybridized carbons (Fsp3) is 0.471. The minimum absolute atomic E-state index is 0.122. The number of rotatable bonds is 5. The number of nitrogens with zero attached hydrogens (tertiary/aromatic N) is 2. The van der Waals surface area contributed by atoms with Crippen LogP contribution in [0.5, 0.6) is 0 Å². The van der Waals surface area contributed by atoms with Gasteiger partial charge in [-0.3, -0.25) is 14.4 Å². The highest BCUT2D eigenvalue weighted by Crippen LogP contribution is 2.29. The number of carbonyl (C=O) groups excluding carboxylic acids is 3. The molecule has 1 aromatic rings. The molecule has 1 aliphatic carbocycles. The topological polar surface area (TPSA) is 69.7 Å². The van der Waals surface area contributed by atoms with E-state index in [-0.39, 0.29) is 18.4 Å². The largest absolute Gasteiger partial charge is 0.367 e. The molecule has 3 rings (SSSR count). The zero-order chi connectivity index (χ0) is 17.1. The van der Waals surface area contributed by atoms with E-state index >= 15 is 0 Å². The number of para-hydroxylation sites is 1. The Balaban J connectivity index is 1.46. The number of nitrogens with one attached hydrogen (secondary N) is 1. The van der Waals surface area contributed by atoms with E-state index in [1.165, 1.54) is 0 Å². The summed E-state index contributed by atoms with van der Waals surface area (Å²) < 4.78 is 0. The van der Waals surface area contributed by atoms with Crippen LogP contribution in [-0.4, -0.2) is 55.2 Å². The standard InChI is InChI=1S/C17H20ClN3O3/c18-13-3-1-2-4-14(13)20-7-9-21(10-8-20)15(22)11-19-17(24)16(23)12-5-6-12/h1-4,12H,5-11H2,(H,19,24). The third kappa shape index (κ3) is 3.87. The van der Waals surface area contributed by atoms with Crippen molar-refractivity contribution in [1.82, 2.24) is 10.2 Å². The molecule has 0 radical (unpaired) electrons. The fourth-order valence-electron chi connectivity index (χ4n) is 2.79. The third-order valence-electron chi connectivity index (χ3n) is 4.40. The van der Waals surface area contributed by atoms with Crippen molar-refractivity contribution in [2.75, 3.05) is 37.6 Å². The molecule has 1 saturated heterocycles. The van der Waals surface area contributed by atoms with Gasteiger partial charge < -0.3 is 15.1 Å². The molecule has 2 amide bonds. The molecule has 24 heavy (non-hydrogen) atoms. The maximum Gasteiger partial charge on any atom is 0.288 e. The molecule has 7 heteroatoms. The van der Waals surface area contributed by atoms with Crippen LogP contribution in [0.2, 0.25) is 5.02 Å². The molecule has 1 N–H and O–H groups in total. The van der Waals surface area contributed by atoms with Gasteiger partial charge in [0.05, 0.1) is 17.3 Å². The molecular formula is C17H20ClN3O3. The highest BCUT2D eigenvalue weighted by molar-refractivity contribution is 6.37. The van der Waals surface area contributed by atoms with Crippen LogP contribution in [0.15, 0.2) is 24.3 Å². The number of Topliss-reactive ketones (excluding diaryl/α,β-unsaturated/α-hetero) is 1. The van der Waals surface area contributed by atoms with Crippen molar-refractivity contribution < 1.29 is 14.4 Å². The second kappa shape index (κ2) is 7.21. The lowest BCUT2D eigenvalue weighted by Crippen LogP contribution is -2.51. The van der Waals surface area contributed by atoms with Crippen molar-refractivity contribution >= 4 is 34.9 Å². The Bertz CT molecular complexity index is 652. The quantitative estimate of drug-likeness (QED) is 0.808. The summed E-state index contributed by atoms with van der Waals surface area (Å²) in [6.07, 6.45) is 1.56. The summed E-state index contributed by atoms with van der Waals surface area (Å²) in [6.45, 7) is 2.38. The van der Waals surface area contributed by atoms with Crippen LogP contribution in [0.4, 0.5) is 5.69 Å². The smallest absolute Gasteiger partial charge is 0.288 e. The first-order valence-corrected chi connectivity index (χ1v) is 8.53. The average molecular weight is 350 g/mol. The van der Waals surface area contributed by atoms with Gasteiger partial charge in [0.2, 0.25) is 11.7 Å². The Labute approximate surface area is 145 Å². The zero-order valence-electron chi connectivity index (χ0n) is 13.3. The summed E-state index contributed by atoms with van der Waals surface area (Å²) in [4.78, 5) is 39.2. The van der Waals surface area contributed by atoms with Crippen LogP contribution in [-0.2, 0) is 14.4 Å². The molecule has 0 bridgehead atoms. The Morgan fingerprint density at radius 2 is 1.75 bits per heavy atom. The Morgan fingerprint density at radius 1 is 1.08 bits per heavy atom. The average Bonchev–Trinajstić information content (AvgIpc) is 3.44. The van der Waals surface area contributed by atoms with Crippen molar-refractivity contribution in [3.63, 3.8) is 0 Å². The molecule has 6 nitrogen and oxygen atoms in total. The van der Waals surface area contributed by atoms with Gasteiger partial charge >= 0.3 is 0 Å². The molecule has 0 atom stereocenters. The van der Waals surface area contributed by atoms with Crippen molar-refractivity contribution in [3.8, 4) is 0 Å². The van der Waals surface area contributed by atoms with Gasteiger partial charge in [0.25, 0.3) is 5.91 Å². The molecule has 128 valence electrons. The van der Waals surface area contributed by atoms with Gasteiger partial charge in [-0.15, -0.1) is 0 Å². The van der Waals surface area contributed by atoms with Gasteiger partial charge in [0.1, 0.15) is 0 Å². The molecule has 0 unspecified atom stereocenters. The minimum Gasteiger partial charge on any atom is -0.367 e. The number of carbonyl (C=O) groups is 3. The van der Waals surface area contributed by atoms with E-state index in [1.807, 2.05) is 24.3 Å². The first kappa shape index (κ1) is 16.8. The second-order valence-corrected chi connectivity index (χ2v) is 6.55. The highest BCUT2D eigenvalue weighted by Gasteiger charge is 2.34. The van der Waals surface area contributed by atoms with Crippen LogP contribution in [0, 0.1) is 5.92 Å². The maximum atomic E-state index is 12.2. The Morgan fingerprint density at radius 3 is 2.38 bits per heavy atom. The third-order valence-corrected chi connectivity index (χ3v) is 4.72. The van der Waals surface area contributed by atoms with E-state index in [4.69, 9.17) is 11.6 Å². The van der Waals surface area contributed by atoms with Crippen molar-refractivity contribution in [2.45, 2.75) is 12.8 Å². The summed E-state index contributed by atoms with van der Waals surface area (Å²) in [5, 5.41) is 3.14. The van der Waals surface area contributed by atoms with E-state index in [1.54, 1.807) is 4.90 Å². The fourth-order valence-corrected chi connectivity index (χ4v) is 3.05. The lowest BCUT2D eigenvalue weighted by Gasteiger charge is -2.36. The molecule has 1 saturated carbocycles. The Hall–Kier alpha value is -2.08. The number of hydrogen-bond donors (Lipinski definition) is 1. The van der Waals surface area contributed by atoms with Crippen LogP contribution >= 0.6 is 11.6 Å². The Kier molecular flexibility index (Phi) is 5.04. The van der Waals surface area contributed by atoms with Gasteiger partial charge in [0.15, 0.2) is 0 Å². The number of benzene rings is 1. The molecule has 1 aromatic carbocycles. The minimum atomic E-state index is -0.638. The predicted molar refractivity (Wildman–Crippen MR) is 91.0 cm³/mol. The number of anilines is 1. The zero-order valence-corrected chi connectivity index (χ0v) is 14.1. The van der Waals surface area contributed by atoms with Crippen molar-refractivity contribution in [3.05, 3.63) is 29.3 Å². The molecule has 2 aliphatic rings. The van der Waals surface area contributed by atoms with Gasteiger partial charge in [-0.2, -0.15) is 0 Å². The van der Waals surface area contributed by atoms with Crippen molar-refractivity contribution in [2.24, 2.45) is 5.92 Å². The number of piperazine rings is 1. The van der Waals surface area contributed by atoms with Crippen molar-refractivity contribution in [1.29, 1.82) is 0 Å². The summed E-state index contributed by atoms with van der Waals surface area (Å²) in [5.41, 5.74) is 0.967. The summed E-state index contributed by atoms with van der Waals surface area (Å²) in [6, 6.07) is 7.63. The molecule has 0 spiro atoms. The van der Waals surface area contributed by atoms with E-state index in [9.17, 15) is 14.4 Å². The van der Waals surface area contributed by atoms with Crippen LogP contribution < -0.4 is 10.2 Å². The van der Waals surface area contributed by atoms with E-state index in [0.29, 0.717) is 31.2 Å². The number of amides is 2. The molecule has 2 fully saturated rings. The lowest BCUT2D eigenvalue weighted by atomic mass is 10.2. The van der Waals surface area contributed by atoms with Crippen LogP contribution in [0.1, 0.15) is 12.8 Å². The lowest BCUT2D eigenvalue weighted by molar-refractivity contribution is -0.140. The molecule has 0 aromatic heterocycles. The second-order valence-electron chi connectivity index (χ2n) is 6.14. The van der Waals surface area contributed by atoms with E-state index in [0.717, 1.165) is 18.5 Å². The molecule has 1 aliphatic heterocycles. The van der Waals surface area contributed by atoms with Gasteiger partial charge in [0, 0.05) is 32.1 Å². The number of halogens is 1. The van der Waals surface area contributed by atoms with E-state index < -0.39 is 11.7 Å². The summed E-state index contributed by atoms with van der Waals surface area (Å²) >= 11 is 6.20. The maximum absolute atomic E-state index is 12.2. The SMILES string of the molecule is O=C(NCC(=O)N1CCN(c2ccccc2Cl)CC1)C(=O)C1CC1. The van der Waals surface area contributed by atoms with E-state index in [2.05, 4.69) is 10.2 Å². The predicted octanol–water partition coefficient (Wildman–Crippen LogP) is 1.08. The first-order valence-electron chi connectivity index (χ1n) is 8.15. The normalized spacial score (nSPS) is 17.5. The first-order chi connectivity index (χ1) is 11.6. The van der Waals surface area contributed by atoms with Crippen LogP contribution in [0.3, 0.4) is 0 Å².